The van der Waals surface area contributed by atoms with Crippen molar-refractivity contribution in [2.24, 2.45) is 0 Å². The fourth-order valence-corrected chi connectivity index (χ4v) is 2.09. The lowest BCUT2D eigenvalue weighted by Crippen LogP contribution is -2.08. The number of non-ortho nitro benzene ring substituents is 1. The molecule has 2 aromatic carbocycles. The monoisotopic (exact) mass is 313 g/mol. The summed E-state index contributed by atoms with van der Waals surface area (Å²) in [7, 11) is 0. The van der Waals surface area contributed by atoms with Gasteiger partial charge in [-0.3, -0.25) is 10.1 Å². The van der Waals surface area contributed by atoms with Crippen molar-refractivity contribution in [1.82, 2.24) is 0 Å². The zero-order valence-electron chi connectivity index (χ0n) is 11.0. The van der Waals surface area contributed by atoms with Gasteiger partial charge < -0.3 is 10.2 Å². The lowest BCUT2D eigenvalue weighted by Gasteiger charge is -2.15. The van der Waals surface area contributed by atoms with Gasteiger partial charge in [-0.25, -0.2) is 0 Å². The average Bonchev–Trinajstić information content (AvgIpc) is 2.45. The van der Waals surface area contributed by atoms with Crippen molar-refractivity contribution in [3.8, 4) is 16.9 Å². The zero-order valence-corrected chi connectivity index (χ0v) is 11.0. The second-order valence-corrected chi connectivity index (χ2v) is 4.48. The molecule has 116 valence electrons. The Hall–Kier alpha value is -2.61. The molecule has 2 aromatic rings. The van der Waals surface area contributed by atoms with Crippen LogP contribution in [-0.2, 0) is 12.8 Å². The van der Waals surface area contributed by atoms with E-state index in [9.17, 15) is 33.5 Å². The molecule has 0 aliphatic heterocycles. The highest BCUT2D eigenvalue weighted by atomic mass is 19.4. The Morgan fingerprint density at radius 2 is 1.73 bits per heavy atom. The summed E-state index contributed by atoms with van der Waals surface area (Å²) in [6.07, 6.45) is -4.72. The highest BCUT2D eigenvalue weighted by Crippen LogP contribution is 2.40. The summed E-state index contributed by atoms with van der Waals surface area (Å²) >= 11 is 0. The maximum absolute atomic E-state index is 13.1. The number of aromatic hydroxyl groups is 1. The van der Waals surface area contributed by atoms with E-state index >= 15 is 0 Å². The predicted molar refractivity (Wildman–Crippen MR) is 71.1 cm³/mol. The Kier molecular flexibility index (Phi) is 4.05. The van der Waals surface area contributed by atoms with Gasteiger partial charge in [0.25, 0.3) is 5.69 Å². The highest BCUT2D eigenvalue weighted by Gasteiger charge is 2.34. The number of phenols is 1. The van der Waals surface area contributed by atoms with Crippen molar-refractivity contribution in [1.29, 1.82) is 0 Å². The molecule has 0 aromatic heterocycles. The number of nitro groups is 1. The minimum atomic E-state index is -4.72. The summed E-state index contributed by atoms with van der Waals surface area (Å²) in [5, 5.41) is 29.2. The van der Waals surface area contributed by atoms with Gasteiger partial charge in [-0.05, 0) is 34.9 Å². The molecule has 8 heteroatoms. The van der Waals surface area contributed by atoms with E-state index < -0.39 is 29.0 Å². The Labute approximate surface area is 122 Å². The van der Waals surface area contributed by atoms with Gasteiger partial charge in [0.2, 0.25) is 0 Å². The number of hydrogen-bond acceptors (Lipinski definition) is 4. The third-order valence-corrected chi connectivity index (χ3v) is 3.07. The standard InChI is InChI=1S/C14H10F3NO4/c15-14(16,17)13-6-10(20)2-4-12(13)11-3-1-9(18(21)22)5-8(11)7-19/h1-6,19-20H,7H2. The smallest absolute Gasteiger partial charge is 0.417 e. The van der Waals surface area contributed by atoms with E-state index in [4.69, 9.17) is 0 Å². The van der Waals surface area contributed by atoms with Crippen LogP contribution in [0.2, 0.25) is 0 Å². The normalized spacial score (nSPS) is 11.5. The van der Waals surface area contributed by atoms with Crippen molar-refractivity contribution in [3.63, 3.8) is 0 Å². The molecular formula is C14H10F3NO4. The molecule has 22 heavy (non-hydrogen) atoms. The molecule has 0 heterocycles. The number of nitrogens with zero attached hydrogens (tertiary/aromatic N) is 1. The second kappa shape index (κ2) is 5.64. The van der Waals surface area contributed by atoms with Crippen LogP contribution in [-0.4, -0.2) is 15.1 Å². The maximum Gasteiger partial charge on any atom is 0.417 e. The molecule has 0 fully saturated rings. The first-order chi connectivity index (χ1) is 10.2. The number of aliphatic hydroxyl groups is 1. The summed E-state index contributed by atoms with van der Waals surface area (Å²) in [6, 6.07) is 5.92. The first kappa shape index (κ1) is 15.8. The van der Waals surface area contributed by atoms with Gasteiger partial charge in [0.15, 0.2) is 0 Å². The molecule has 0 saturated heterocycles. The molecule has 0 bridgehead atoms. The molecule has 2 rings (SSSR count). The molecule has 2 N–H and O–H groups in total. The molecule has 5 nitrogen and oxygen atoms in total. The topological polar surface area (TPSA) is 83.6 Å². The van der Waals surface area contributed by atoms with Crippen LogP contribution in [0.25, 0.3) is 11.1 Å². The second-order valence-electron chi connectivity index (χ2n) is 4.48. The van der Waals surface area contributed by atoms with E-state index in [0.717, 1.165) is 30.3 Å². The number of aliphatic hydroxyl groups excluding tert-OH is 1. The van der Waals surface area contributed by atoms with Gasteiger partial charge in [0.05, 0.1) is 17.1 Å². The first-order valence-electron chi connectivity index (χ1n) is 6.03. The fourth-order valence-electron chi connectivity index (χ4n) is 2.09. The van der Waals surface area contributed by atoms with Gasteiger partial charge >= 0.3 is 6.18 Å². The van der Waals surface area contributed by atoms with Crippen LogP contribution in [0, 0.1) is 10.1 Å². The van der Waals surface area contributed by atoms with E-state index in [1.807, 2.05) is 0 Å². The van der Waals surface area contributed by atoms with Gasteiger partial charge in [-0.1, -0.05) is 6.07 Å². The molecule has 0 spiro atoms. The maximum atomic E-state index is 13.1. The van der Waals surface area contributed by atoms with Gasteiger partial charge in [0.1, 0.15) is 5.75 Å². The van der Waals surface area contributed by atoms with Crippen LogP contribution in [0.1, 0.15) is 11.1 Å². The van der Waals surface area contributed by atoms with Crippen LogP contribution < -0.4 is 0 Å². The molecular weight excluding hydrogens is 303 g/mol. The number of rotatable bonds is 3. The van der Waals surface area contributed by atoms with Crippen LogP contribution in [0.15, 0.2) is 36.4 Å². The number of phenolic OH excluding ortho intramolecular Hbond substituents is 1. The highest BCUT2D eigenvalue weighted by molar-refractivity contribution is 5.73. The van der Waals surface area contributed by atoms with E-state index in [2.05, 4.69) is 0 Å². The van der Waals surface area contributed by atoms with E-state index in [1.54, 1.807) is 0 Å². The summed E-state index contributed by atoms with van der Waals surface area (Å²) < 4.78 is 39.2. The number of halogens is 3. The van der Waals surface area contributed by atoms with E-state index in [1.165, 1.54) is 0 Å². The summed E-state index contributed by atoms with van der Waals surface area (Å²) in [4.78, 5) is 9.99. The summed E-state index contributed by atoms with van der Waals surface area (Å²) in [6.45, 7) is -0.658. The third kappa shape index (κ3) is 3.01. The van der Waals surface area contributed by atoms with Crippen molar-refractivity contribution in [2.45, 2.75) is 12.8 Å². The molecule has 0 saturated carbocycles. The first-order valence-corrected chi connectivity index (χ1v) is 6.03. The Balaban J connectivity index is 2.69. The molecule has 0 atom stereocenters. The zero-order chi connectivity index (χ0) is 16.5. The molecule has 0 amide bonds. The number of benzene rings is 2. The van der Waals surface area contributed by atoms with Gasteiger partial charge in [-0.15, -0.1) is 0 Å². The fraction of sp³-hybridized carbons (Fsp3) is 0.143. The molecule has 0 aliphatic rings. The number of nitro benzene ring substituents is 1. The summed E-state index contributed by atoms with van der Waals surface area (Å²) in [5.74, 6) is -0.552. The lowest BCUT2D eigenvalue weighted by atomic mass is 9.94. The van der Waals surface area contributed by atoms with Gasteiger partial charge in [0, 0.05) is 12.1 Å². The molecule has 0 radical (unpaired) electrons. The molecule has 0 unspecified atom stereocenters. The summed E-state index contributed by atoms with van der Waals surface area (Å²) in [5.41, 5.74) is -1.69. The van der Waals surface area contributed by atoms with Crippen LogP contribution in [0.3, 0.4) is 0 Å². The van der Waals surface area contributed by atoms with E-state index in [-0.39, 0.29) is 22.4 Å². The largest absolute Gasteiger partial charge is 0.508 e. The minimum Gasteiger partial charge on any atom is -0.508 e. The number of hydrogen-bond donors (Lipinski definition) is 2. The minimum absolute atomic E-state index is 0.00890. The van der Waals surface area contributed by atoms with Crippen LogP contribution in [0.5, 0.6) is 5.75 Å². The van der Waals surface area contributed by atoms with Crippen LogP contribution in [0.4, 0.5) is 18.9 Å². The van der Waals surface area contributed by atoms with Crippen molar-refractivity contribution < 1.29 is 28.3 Å². The SMILES string of the molecule is O=[N+]([O-])c1ccc(-c2ccc(O)cc2C(F)(F)F)c(CO)c1. The van der Waals surface area contributed by atoms with Crippen molar-refractivity contribution >= 4 is 5.69 Å². The number of alkyl halides is 3. The quantitative estimate of drug-likeness (QED) is 0.671. The van der Waals surface area contributed by atoms with Gasteiger partial charge in [-0.2, -0.15) is 13.2 Å². The van der Waals surface area contributed by atoms with E-state index in [0.29, 0.717) is 6.07 Å². The van der Waals surface area contributed by atoms with Crippen LogP contribution >= 0.6 is 0 Å². The average molecular weight is 313 g/mol. The Morgan fingerprint density at radius 3 is 2.27 bits per heavy atom. The predicted octanol–water partition coefficient (Wildman–Crippen LogP) is 3.48. The lowest BCUT2D eigenvalue weighted by molar-refractivity contribution is -0.384. The van der Waals surface area contributed by atoms with Crippen molar-refractivity contribution in [2.75, 3.05) is 0 Å². The van der Waals surface area contributed by atoms with Crippen molar-refractivity contribution in [3.05, 3.63) is 57.6 Å². The third-order valence-electron chi connectivity index (χ3n) is 3.07. The Bertz CT molecular complexity index is 729. The molecule has 0 aliphatic carbocycles. The Morgan fingerprint density at radius 1 is 1.09 bits per heavy atom.